The van der Waals surface area contributed by atoms with E-state index in [1.807, 2.05) is 0 Å². The lowest BCUT2D eigenvalue weighted by Crippen LogP contribution is -2.42. The standard InChI is InChI=1S/C14H14N2O5S/c1-20-14(17)16-8-7-12-11(9-16)13(15-21-12)22(18,19)10-5-3-2-4-6-10/h2-8,11-12H,9H2,1H3/t11-,12+/m1/s1. The summed E-state index contributed by atoms with van der Waals surface area (Å²) in [5.41, 5.74) is 0. The third-order valence-corrected chi connectivity index (χ3v) is 5.39. The number of nitrogens with zero attached hydrogens (tertiary/aromatic N) is 2. The van der Waals surface area contributed by atoms with Crippen LogP contribution in [0.25, 0.3) is 0 Å². The van der Waals surface area contributed by atoms with Gasteiger partial charge in [-0.1, -0.05) is 23.4 Å². The normalized spacial score (nSPS) is 23.5. The highest BCUT2D eigenvalue weighted by Gasteiger charge is 2.44. The quantitative estimate of drug-likeness (QED) is 0.780. The number of oxime groups is 1. The van der Waals surface area contributed by atoms with E-state index in [2.05, 4.69) is 9.89 Å². The molecule has 0 spiro atoms. The molecule has 0 unspecified atom stereocenters. The fraction of sp³-hybridized carbons (Fsp3) is 0.286. The first kappa shape index (κ1) is 14.6. The number of hydrogen-bond acceptors (Lipinski definition) is 6. The molecule has 3 rings (SSSR count). The van der Waals surface area contributed by atoms with Gasteiger partial charge >= 0.3 is 6.09 Å². The van der Waals surface area contributed by atoms with E-state index in [-0.39, 0.29) is 16.5 Å². The lowest BCUT2D eigenvalue weighted by molar-refractivity contribution is 0.0756. The molecule has 2 aliphatic rings. The SMILES string of the molecule is COC(=O)N1C=C[C@@H]2ON=C(S(=O)(=O)c3ccccc3)[C@@H]2C1. The number of fused-ring (bicyclic) bond motifs is 1. The summed E-state index contributed by atoms with van der Waals surface area (Å²) in [5, 5.41) is 3.68. The molecule has 2 heterocycles. The number of carbonyl (C=O) groups is 1. The maximum absolute atomic E-state index is 12.7. The number of hydrogen-bond donors (Lipinski definition) is 0. The third kappa shape index (κ3) is 2.35. The highest BCUT2D eigenvalue weighted by molar-refractivity contribution is 8.06. The first-order valence-electron chi connectivity index (χ1n) is 6.61. The molecule has 0 N–H and O–H groups in total. The molecule has 7 nitrogen and oxygen atoms in total. The molecule has 1 aromatic carbocycles. The molecule has 116 valence electrons. The van der Waals surface area contributed by atoms with E-state index in [0.29, 0.717) is 0 Å². The number of rotatable bonds is 1. The molecule has 22 heavy (non-hydrogen) atoms. The summed E-state index contributed by atoms with van der Waals surface area (Å²) in [6.07, 6.45) is 2.07. The van der Waals surface area contributed by atoms with Gasteiger partial charge in [-0.3, -0.25) is 4.90 Å². The average molecular weight is 322 g/mol. The van der Waals surface area contributed by atoms with E-state index in [1.54, 1.807) is 24.3 Å². The minimum absolute atomic E-state index is 0.0676. The van der Waals surface area contributed by atoms with Gasteiger partial charge in [0.25, 0.3) is 0 Å². The first-order valence-corrected chi connectivity index (χ1v) is 8.09. The molecule has 0 radical (unpaired) electrons. The highest BCUT2D eigenvalue weighted by atomic mass is 32.2. The summed E-state index contributed by atoms with van der Waals surface area (Å²) >= 11 is 0. The first-order chi connectivity index (χ1) is 10.5. The Hall–Kier alpha value is -2.35. The Morgan fingerprint density at radius 3 is 2.77 bits per heavy atom. The molecule has 1 aromatic rings. The topological polar surface area (TPSA) is 85.3 Å². The van der Waals surface area contributed by atoms with Gasteiger partial charge in [0, 0.05) is 12.7 Å². The zero-order chi connectivity index (χ0) is 15.7. The monoisotopic (exact) mass is 322 g/mol. The van der Waals surface area contributed by atoms with Gasteiger partial charge in [-0.25, -0.2) is 13.2 Å². The number of ether oxygens (including phenoxy) is 1. The van der Waals surface area contributed by atoms with Gasteiger partial charge in [-0.05, 0) is 18.2 Å². The Kier molecular flexibility index (Phi) is 3.61. The maximum atomic E-state index is 12.7. The van der Waals surface area contributed by atoms with Crippen molar-refractivity contribution in [1.82, 2.24) is 4.90 Å². The zero-order valence-corrected chi connectivity index (χ0v) is 12.6. The van der Waals surface area contributed by atoms with Gasteiger partial charge in [-0.2, -0.15) is 0 Å². The second-order valence-electron chi connectivity index (χ2n) is 4.89. The summed E-state index contributed by atoms with van der Waals surface area (Å²) in [4.78, 5) is 18.2. The van der Waals surface area contributed by atoms with Gasteiger partial charge in [0.1, 0.15) is 0 Å². The van der Waals surface area contributed by atoms with E-state index in [0.717, 1.165) is 0 Å². The highest BCUT2D eigenvalue weighted by Crippen LogP contribution is 2.30. The molecule has 0 saturated carbocycles. The molecule has 0 fully saturated rings. The van der Waals surface area contributed by atoms with Crippen molar-refractivity contribution in [2.45, 2.75) is 11.0 Å². The fourth-order valence-electron chi connectivity index (χ4n) is 2.43. The van der Waals surface area contributed by atoms with Crippen molar-refractivity contribution >= 4 is 21.0 Å². The van der Waals surface area contributed by atoms with Crippen LogP contribution in [0.3, 0.4) is 0 Å². The van der Waals surface area contributed by atoms with Gasteiger partial charge in [0.15, 0.2) is 11.1 Å². The third-order valence-electron chi connectivity index (χ3n) is 3.57. The molecule has 0 bridgehead atoms. The Morgan fingerprint density at radius 1 is 1.36 bits per heavy atom. The van der Waals surface area contributed by atoms with Crippen molar-refractivity contribution in [3.8, 4) is 0 Å². The number of methoxy groups -OCH3 is 1. The number of sulfone groups is 1. The summed E-state index contributed by atoms with van der Waals surface area (Å²) in [7, 11) is -2.49. The van der Waals surface area contributed by atoms with Crippen LogP contribution in [0.2, 0.25) is 0 Å². The molecule has 0 saturated heterocycles. The lowest BCUT2D eigenvalue weighted by atomic mass is 10.0. The van der Waals surface area contributed by atoms with Crippen LogP contribution >= 0.6 is 0 Å². The predicted molar refractivity (Wildman–Crippen MR) is 77.7 cm³/mol. The molecular formula is C14H14N2O5S. The fourth-order valence-corrected chi connectivity index (χ4v) is 3.93. The second-order valence-corrected chi connectivity index (χ2v) is 6.78. The van der Waals surface area contributed by atoms with Gasteiger partial charge in [0.05, 0.1) is 17.9 Å². The molecule has 0 aliphatic carbocycles. The summed E-state index contributed by atoms with van der Waals surface area (Å²) in [5.74, 6) is -0.547. The van der Waals surface area contributed by atoms with Crippen LogP contribution in [-0.4, -0.2) is 44.2 Å². The number of benzene rings is 1. The number of carbonyl (C=O) groups excluding carboxylic acids is 1. The van der Waals surface area contributed by atoms with Crippen LogP contribution in [-0.2, 0) is 19.4 Å². The second kappa shape index (κ2) is 5.45. The van der Waals surface area contributed by atoms with Crippen LogP contribution < -0.4 is 0 Å². The van der Waals surface area contributed by atoms with Crippen molar-refractivity contribution in [1.29, 1.82) is 0 Å². The Bertz CT molecular complexity index is 742. The van der Waals surface area contributed by atoms with Crippen LogP contribution in [0, 0.1) is 5.92 Å². The van der Waals surface area contributed by atoms with Gasteiger partial charge in [0.2, 0.25) is 9.84 Å². The Morgan fingerprint density at radius 2 is 2.09 bits per heavy atom. The van der Waals surface area contributed by atoms with Crippen molar-refractivity contribution < 1.29 is 22.8 Å². The molecule has 2 aliphatic heterocycles. The van der Waals surface area contributed by atoms with E-state index < -0.39 is 28.0 Å². The van der Waals surface area contributed by atoms with Crippen LogP contribution in [0.5, 0.6) is 0 Å². The minimum atomic E-state index is -3.75. The van der Waals surface area contributed by atoms with Crippen LogP contribution in [0.1, 0.15) is 0 Å². The van der Waals surface area contributed by atoms with Crippen LogP contribution in [0.4, 0.5) is 4.79 Å². The minimum Gasteiger partial charge on any atom is -0.452 e. The molecule has 8 heteroatoms. The van der Waals surface area contributed by atoms with E-state index in [4.69, 9.17) is 4.84 Å². The van der Waals surface area contributed by atoms with Gasteiger partial charge < -0.3 is 9.57 Å². The van der Waals surface area contributed by atoms with Crippen molar-refractivity contribution in [3.05, 3.63) is 42.6 Å². The van der Waals surface area contributed by atoms with E-state index in [1.165, 1.54) is 30.3 Å². The van der Waals surface area contributed by atoms with Crippen molar-refractivity contribution in [2.24, 2.45) is 11.1 Å². The van der Waals surface area contributed by atoms with Crippen molar-refractivity contribution in [2.75, 3.05) is 13.7 Å². The number of amides is 1. The van der Waals surface area contributed by atoms with Crippen molar-refractivity contribution in [3.63, 3.8) is 0 Å². The largest absolute Gasteiger partial charge is 0.452 e. The van der Waals surface area contributed by atoms with E-state index in [9.17, 15) is 13.2 Å². The Balaban J connectivity index is 1.91. The summed E-state index contributed by atoms with van der Waals surface area (Å²) in [6, 6.07) is 8.02. The predicted octanol–water partition coefficient (Wildman–Crippen LogP) is 1.38. The lowest BCUT2D eigenvalue weighted by Gasteiger charge is -2.27. The van der Waals surface area contributed by atoms with Gasteiger partial charge in [-0.15, -0.1) is 0 Å². The molecule has 1 amide bonds. The zero-order valence-electron chi connectivity index (χ0n) is 11.7. The average Bonchev–Trinajstić information content (AvgIpc) is 2.98. The molecule has 0 aromatic heterocycles. The molecular weight excluding hydrogens is 308 g/mol. The Labute approximate surface area is 127 Å². The maximum Gasteiger partial charge on any atom is 0.413 e. The smallest absolute Gasteiger partial charge is 0.413 e. The summed E-state index contributed by atoms with van der Waals surface area (Å²) in [6.45, 7) is 0.138. The van der Waals surface area contributed by atoms with Crippen LogP contribution in [0.15, 0.2) is 52.7 Å². The molecule has 2 atom stereocenters. The summed E-state index contributed by atoms with van der Waals surface area (Å²) < 4.78 is 30.0. The van der Waals surface area contributed by atoms with E-state index >= 15 is 0 Å².